The monoisotopic (exact) mass is 422 g/mol. The van der Waals surface area contributed by atoms with E-state index >= 15 is 0 Å². The molecule has 0 atom stereocenters. The molecule has 1 aromatic heterocycles. The van der Waals surface area contributed by atoms with Crippen LogP contribution in [0.4, 0.5) is 21.9 Å². The van der Waals surface area contributed by atoms with Crippen LogP contribution in [-0.2, 0) is 11.8 Å². The summed E-state index contributed by atoms with van der Waals surface area (Å²) in [6, 6.07) is 13.8. The molecule has 1 aliphatic rings. The Labute approximate surface area is 182 Å². The number of piperidine rings is 1. The van der Waals surface area contributed by atoms with Crippen LogP contribution in [-0.4, -0.2) is 34.1 Å². The lowest BCUT2D eigenvalue weighted by molar-refractivity contribution is 0.0503. The Morgan fingerprint density at radius 1 is 0.968 bits per heavy atom. The van der Waals surface area contributed by atoms with Gasteiger partial charge < -0.3 is 15.0 Å². The average Bonchev–Trinajstić information content (AvgIpc) is 2.98. The first-order valence-corrected chi connectivity index (χ1v) is 10.8. The molecule has 2 aromatic carbocycles. The highest BCUT2D eigenvalue weighted by molar-refractivity contribution is 5.90. The zero-order valence-electron chi connectivity index (χ0n) is 18.6. The van der Waals surface area contributed by atoms with Crippen molar-refractivity contribution in [1.82, 2.24) is 9.36 Å². The lowest BCUT2D eigenvalue weighted by Crippen LogP contribution is -2.31. The SMILES string of the molecule is Cn1c(=O)c2ccc(Nc3ccc(N4CCCCC4)cc3)cc2n1C(=O)OC(C)(C)C. The second-order valence-electron chi connectivity index (χ2n) is 9.07. The zero-order chi connectivity index (χ0) is 22.2. The van der Waals surface area contributed by atoms with Crippen LogP contribution in [0.15, 0.2) is 47.3 Å². The van der Waals surface area contributed by atoms with Crippen molar-refractivity contribution in [2.24, 2.45) is 7.05 Å². The van der Waals surface area contributed by atoms with Gasteiger partial charge in [-0.15, -0.1) is 0 Å². The van der Waals surface area contributed by atoms with Gasteiger partial charge in [-0.05, 0) is 82.5 Å². The van der Waals surface area contributed by atoms with Crippen molar-refractivity contribution in [3.63, 3.8) is 0 Å². The molecule has 1 saturated heterocycles. The standard InChI is InChI=1S/C24H30N4O3/c1-24(2,3)31-23(30)28-21-16-18(10-13-20(21)22(29)26(28)4)25-17-8-11-19(12-9-17)27-14-6-5-7-15-27/h8-13,16,25H,5-7,14-15H2,1-4H3. The summed E-state index contributed by atoms with van der Waals surface area (Å²) in [5.74, 6) is 0. The zero-order valence-corrected chi connectivity index (χ0v) is 18.6. The molecular formula is C24H30N4O3. The topological polar surface area (TPSA) is 68.5 Å². The minimum Gasteiger partial charge on any atom is -0.442 e. The van der Waals surface area contributed by atoms with Gasteiger partial charge in [0, 0.05) is 37.2 Å². The summed E-state index contributed by atoms with van der Waals surface area (Å²) in [6.07, 6.45) is 3.23. The summed E-state index contributed by atoms with van der Waals surface area (Å²) >= 11 is 0. The van der Waals surface area contributed by atoms with Crippen LogP contribution in [0.25, 0.3) is 10.9 Å². The number of benzene rings is 2. The fraction of sp³-hybridized carbons (Fsp3) is 0.417. The molecule has 7 heteroatoms. The molecule has 1 aliphatic heterocycles. The van der Waals surface area contributed by atoms with Crippen molar-refractivity contribution in [2.75, 3.05) is 23.3 Å². The minimum atomic E-state index is -0.657. The van der Waals surface area contributed by atoms with E-state index in [0.717, 1.165) is 24.5 Å². The number of nitrogens with one attached hydrogen (secondary N) is 1. The van der Waals surface area contributed by atoms with E-state index in [1.165, 1.54) is 34.3 Å². The highest BCUT2D eigenvalue weighted by atomic mass is 16.6. The number of anilines is 3. The van der Waals surface area contributed by atoms with Gasteiger partial charge in [0.25, 0.3) is 5.56 Å². The Kier molecular flexibility index (Phi) is 5.52. The van der Waals surface area contributed by atoms with Gasteiger partial charge in [-0.25, -0.2) is 9.48 Å². The molecule has 0 saturated carbocycles. The van der Waals surface area contributed by atoms with Crippen molar-refractivity contribution < 1.29 is 9.53 Å². The smallest absolute Gasteiger partial charge is 0.434 e. The predicted molar refractivity (Wildman–Crippen MR) is 125 cm³/mol. The van der Waals surface area contributed by atoms with E-state index in [1.54, 1.807) is 40.0 Å². The molecular weight excluding hydrogens is 392 g/mol. The highest BCUT2D eigenvalue weighted by Crippen LogP contribution is 2.25. The predicted octanol–water partition coefficient (Wildman–Crippen LogP) is 4.86. The first-order chi connectivity index (χ1) is 14.7. The van der Waals surface area contributed by atoms with E-state index in [0.29, 0.717) is 10.9 Å². The maximum Gasteiger partial charge on any atom is 0.434 e. The van der Waals surface area contributed by atoms with E-state index in [4.69, 9.17) is 4.74 Å². The third kappa shape index (κ3) is 4.45. The van der Waals surface area contributed by atoms with Crippen LogP contribution in [0.1, 0.15) is 40.0 Å². The quantitative estimate of drug-likeness (QED) is 0.653. The Hall–Kier alpha value is -3.22. The number of carbonyl (C=O) groups is 1. The molecule has 4 rings (SSSR count). The molecule has 164 valence electrons. The van der Waals surface area contributed by atoms with E-state index < -0.39 is 11.7 Å². The molecule has 0 amide bonds. The summed E-state index contributed by atoms with van der Waals surface area (Å²) in [6.45, 7) is 7.62. The fourth-order valence-electron chi connectivity index (χ4n) is 3.99. The van der Waals surface area contributed by atoms with Crippen molar-refractivity contribution in [1.29, 1.82) is 0 Å². The summed E-state index contributed by atoms with van der Waals surface area (Å²) in [5, 5.41) is 3.85. The van der Waals surface area contributed by atoms with Crippen molar-refractivity contribution in [3.8, 4) is 0 Å². The lowest BCUT2D eigenvalue weighted by atomic mass is 10.1. The first kappa shape index (κ1) is 21.0. The third-order valence-corrected chi connectivity index (χ3v) is 5.49. The maximum atomic E-state index is 12.7. The first-order valence-electron chi connectivity index (χ1n) is 10.8. The molecule has 0 unspecified atom stereocenters. The van der Waals surface area contributed by atoms with Gasteiger partial charge in [0.1, 0.15) is 5.60 Å². The van der Waals surface area contributed by atoms with Gasteiger partial charge in [0.05, 0.1) is 10.9 Å². The van der Waals surface area contributed by atoms with Gasteiger partial charge >= 0.3 is 6.09 Å². The van der Waals surface area contributed by atoms with E-state index in [9.17, 15) is 9.59 Å². The van der Waals surface area contributed by atoms with Crippen molar-refractivity contribution in [3.05, 3.63) is 52.8 Å². The third-order valence-electron chi connectivity index (χ3n) is 5.49. The number of aromatic nitrogens is 2. The Morgan fingerprint density at radius 3 is 2.26 bits per heavy atom. The normalized spacial score (nSPS) is 14.6. The van der Waals surface area contributed by atoms with Crippen LogP contribution in [0.3, 0.4) is 0 Å². The van der Waals surface area contributed by atoms with E-state index in [1.807, 2.05) is 6.07 Å². The Morgan fingerprint density at radius 2 is 1.61 bits per heavy atom. The summed E-state index contributed by atoms with van der Waals surface area (Å²) < 4.78 is 8.07. The van der Waals surface area contributed by atoms with Gasteiger partial charge in [-0.3, -0.25) is 4.79 Å². The molecule has 0 aliphatic carbocycles. The number of nitrogens with zero attached hydrogens (tertiary/aromatic N) is 3. The number of fused-ring (bicyclic) bond motifs is 1. The Bertz CT molecular complexity index is 1150. The molecule has 31 heavy (non-hydrogen) atoms. The maximum absolute atomic E-state index is 12.7. The van der Waals surface area contributed by atoms with Crippen LogP contribution in [0.2, 0.25) is 0 Å². The molecule has 0 spiro atoms. The van der Waals surface area contributed by atoms with Gasteiger partial charge in [-0.2, -0.15) is 4.68 Å². The number of ether oxygens (including phenoxy) is 1. The van der Waals surface area contributed by atoms with Crippen LogP contribution in [0, 0.1) is 0 Å². The largest absolute Gasteiger partial charge is 0.442 e. The second-order valence-corrected chi connectivity index (χ2v) is 9.07. The number of rotatable bonds is 3. The summed E-state index contributed by atoms with van der Waals surface area (Å²) in [5.41, 5.74) is 2.59. The molecule has 0 bridgehead atoms. The average molecular weight is 423 g/mol. The fourth-order valence-corrected chi connectivity index (χ4v) is 3.99. The highest BCUT2D eigenvalue weighted by Gasteiger charge is 2.23. The van der Waals surface area contributed by atoms with Gasteiger partial charge in [-0.1, -0.05) is 0 Å². The summed E-state index contributed by atoms with van der Waals surface area (Å²) in [7, 11) is 1.57. The molecule has 2 heterocycles. The summed E-state index contributed by atoms with van der Waals surface area (Å²) in [4.78, 5) is 27.7. The molecule has 1 N–H and O–H groups in total. The van der Waals surface area contributed by atoms with Gasteiger partial charge in [0.15, 0.2) is 0 Å². The molecule has 0 radical (unpaired) electrons. The van der Waals surface area contributed by atoms with Crippen LogP contribution >= 0.6 is 0 Å². The number of carbonyl (C=O) groups excluding carboxylic acids is 1. The number of hydrogen-bond acceptors (Lipinski definition) is 5. The Balaban J connectivity index is 1.61. The number of hydrogen-bond donors (Lipinski definition) is 1. The van der Waals surface area contributed by atoms with Crippen molar-refractivity contribution >= 4 is 34.1 Å². The van der Waals surface area contributed by atoms with Crippen LogP contribution in [0.5, 0.6) is 0 Å². The molecule has 1 fully saturated rings. The lowest BCUT2D eigenvalue weighted by Gasteiger charge is -2.28. The molecule has 7 nitrogen and oxygen atoms in total. The van der Waals surface area contributed by atoms with Gasteiger partial charge in [0.2, 0.25) is 0 Å². The van der Waals surface area contributed by atoms with E-state index in [2.05, 4.69) is 34.5 Å². The van der Waals surface area contributed by atoms with Crippen molar-refractivity contribution in [2.45, 2.75) is 45.6 Å². The van der Waals surface area contributed by atoms with Crippen LogP contribution < -0.4 is 15.8 Å². The second kappa shape index (κ2) is 8.13. The minimum absolute atomic E-state index is 0.238. The molecule has 3 aromatic rings. The van der Waals surface area contributed by atoms with E-state index in [-0.39, 0.29) is 5.56 Å².